The Kier molecular flexibility index (Phi) is 8.36. The number of piperidine rings is 1. The van der Waals surface area contributed by atoms with Gasteiger partial charge in [0.15, 0.2) is 0 Å². The Morgan fingerprint density at radius 1 is 1.04 bits per heavy atom. The first-order valence-corrected chi connectivity index (χ1v) is 17.1. The van der Waals surface area contributed by atoms with E-state index >= 15 is 4.39 Å². The van der Waals surface area contributed by atoms with Crippen LogP contribution >= 0.6 is 23.2 Å². The Hall–Kier alpha value is -3.58. The Morgan fingerprint density at radius 3 is 2.38 bits per heavy atom. The number of fused-ring (bicyclic) bond motifs is 1. The molecule has 0 aliphatic carbocycles. The molecule has 3 N–H and O–H groups in total. The number of carbonyl (C=O) groups excluding carboxylic acids is 1. The van der Waals surface area contributed by atoms with E-state index in [0.717, 1.165) is 5.56 Å². The third-order valence-electron chi connectivity index (χ3n) is 9.08. The van der Waals surface area contributed by atoms with Crippen LogP contribution in [0, 0.1) is 17.7 Å². The molecule has 14 heteroatoms. The number of carbonyl (C=O) groups is 2. The zero-order valence-corrected chi connectivity index (χ0v) is 26.9. The van der Waals surface area contributed by atoms with E-state index in [0.29, 0.717) is 66.5 Å². The van der Waals surface area contributed by atoms with Crippen molar-refractivity contribution in [3.8, 4) is 11.3 Å². The zero-order valence-electron chi connectivity index (χ0n) is 24.6. The van der Waals surface area contributed by atoms with E-state index < -0.39 is 33.9 Å². The molecule has 2 amide bonds. The average Bonchev–Trinajstić information content (AvgIpc) is 3.68. The molecule has 0 unspecified atom stereocenters. The van der Waals surface area contributed by atoms with Crippen molar-refractivity contribution in [1.29, 1.82) is 0 Å². The van der Waals surface area contributed by atoms with Gasteiger partial charge in [0.05, 0.1) is 44.5 Å². The van der Waals surface area contributed by atoms with Crippen LogP contribution in [0.2, 0.25) is 10.0 Å². The van der Waals surface area contributed by atoms with Crippen LogP contribution in [-0.4, -0.2) is 70.2 Å². The van der Waals surface area contributed by atoms with Crippen LogP contribution in [0.3, 0.4) is 0 Å². The summed E-state index contributed by atoms with van der Waals surface area (Å²) < 4.78 is 43.3. The molecule has 4 aromatic rings. The minimum absolute atomic E-state index is 0.0552. The minimum atomic E-state index is -3.29. The van der Waals surface area contributed by atoms with Crippen molar-refractivity contribution >= 4 is 61.8 Å². The number of hydrogen-bond acceptors (Lipinski definition) is 4. The van der Waals surface area contributed by atoms with Crippen molar-refractivity contribution in [3.63, 3.8) is 0 Å². The lowest BCUT2D eigenvalue weighted by molar-refractivity contribution is 0.0719. The van der Waals surface area contributed by atoms with Crippen LogP contribution in [0.5, 0.6) is 0 Å². The van der Waals surface area contributed by atoms with Crippen LogP contribution in [-0.2, 0) is 17.1 Å². The molecular formula is C31H32Cl2FN5O5S. The molecule has 2 atom stereocenters. The number of aromatic nitrogens is 2. The fraction of sp³-hybridized carbons (Fsp3) is 0.355. The van der Waals surface area contributed by atoms with Gasteiger partial charge in [-0.2, -0.15) is 0 Å². The lowest BCUT2D eigenvalue weighted by Crippen LogP contribution is -2.40. The first-order valence-electron chi connectivity index (χ1n) is 14.5. The van der Waals surface area contributed by atoms with Crippen LogP contribution in [0.15, 0.2) is 48.7 Å². The highest BCUT2D eigenvalue weighted by Crippen LogP contribution is 2.44. The van der Waals surface area contributed by atoms with Gasteiger partial charge >= 0.3 is 6.09 Å². The number of anilines is 1. The number of halogens is 3. The number of aromatic amines is 1. The number of sulfonamides is 1. The van der Waals surface area contributed by atoms with Crippen molar-refractivity contribution in [2.24, 2.45) is 18.9 Å². The zero-order chi connectivity index (χ0) is 32.2. The molecule has 2 aliphatic heterocycles. The van der Waals surface area contributed by atoms with E-state index in [9.17, 15) is 18.0 Å². The second-order valence-corrected chi connectivity index (χ2v) is 14.6. The summed E-state index contributed by atoms with van der Waals surface area (Å²) in [6, 6.07) is 11.2. The molecule has 2 aromatic heterocycles. The van der Waals surface area contributed by atoms with E-state index in [1.165, 1.54) is 16.6 Å². The van der Waals surface area contributed by atoms with Gasteiger partial charge in [-0.05, 0) is 67.0 Å². The molecule has 2 aliphatic rings. The predicted octanol–water partition coefficient (Wildman–Crippen LogP) is 6.58. The number of aryl methyl sites for hydroxylation is 1. The Labute approximate surface area is 269 Å². The SMILES string of the molecule is Cn1cc(Cl)c2c(F)c(C(=O)N3C[C@@H](C4CCN(S(C)(=O)=O)CC4)C[C@H]3c3cc(Cl)c(-c4ccc(NC(=O)O)cc4)[nH]3)ccc21. The summed E-state index contributed by atoms with van der Waals surface area (Å²) in [4.78, 5) is 30.2. The normalized spacial score (nSPS) is 19.8. The molecule has 2 saturated heterocycles. The third kappa shape index (κ3) is 6.04. The largest absolute Gasteiger partial charge is 0.465 e. The van der Waals surface area contributed by atoms with Gasteiger partial charge in [-0.15, -0.1) is 0 Å². The van der Waals surface area contributed by atoms with Crippen molar-refractivity contribution in [1.82, 2.24) is 18.8 Å². The van der Waals surface area contributed by atoms with Crippen LogP contribution in [0.4, 0.5) is 14.9 Å². The average molecular weight is 677 g/mol. The number of amides is 2. The fourth-order valence-corrected chi connectivity index (χ4v) is 8.28. The number of H-pyrrole nitrogens is 1. The highest BCUT2D eigenvalue weighted by molar-refractivity contribution is 7.88. The Bertz CT molecular complexity index is 1900. The highest BCUT2D eigenvalue weighted by Gasteiger charge is 2.42. The molecule has 2 fully saturated rings. The van der Waals surface area contributed by atoms with E-state index in [4.69, 9.17) is 28.3 Å². The third-order valence-corrected chi connectivity index (χ3v) is 11.0. The molecule has 0 bridgehead atoms. The molecule has 0 spiro atoms. The van der Waals surface area contributed by atoms with Gasteiger partial charge in [-0.25, -0.2) is 21.9 Å². The molecule has 6 rings (SSSR count). The summed E-state index contributed by atoms with van der Waals surface area (Å²) in [5.41, 5.74) is 2.92. The first kappa shape index (κ1) is 31.4. The van der Waals surface area contributed by atoms with E-state index in [2.05, 4.69) is 10.3 Å². The fourth-order valence-electron chi connectivity index (χ4n) is 6.80. The number of likely N-dealkylation sites (tertiary alicyclic amines) is 1. The molecule has 2 aromatic carbocycles. The van der Waals surface area contributed by atoms with Crippen LogP contribution < -0.4 is 5.32 Å². The number of nitrogens with one attached hydrogen (secondary N) is 2. The Balaban J connectivity index is 1.33. The maximum absolute atomic E-state index is 15.9. The van der Waals surface area contributed by atoms with Gasteiger partial charge in [0, 0.05) is 44.3 Å². The van der Waals surface area contributed by atoms with Crippen molar-refractivity contribution < 1.29 is 27.5 Å². The summed E-state index contributed by atoms with van der Waals surface area (Å²) in [5.74, 6) is -0.906. The summed E-state index contributed by atoms with van der Waals surface area (Å²) in [5, 5.41) is 12.1. The van der Waals surface area contributed by atoms with Crippen molar-refractivity contribution in [2.45, 2.75) is 25.3 Å². The molecule has 0 saturated carbocycles. The topological polar surface area (TPSA) is 128 Å². The van der Waals surface area contributed by atoms with Gasteiger partial charge in [-0.3, -0.25) is 10.1 Å². The number of nitrogens with zero attached hydrogens (tertiary/aromatic N) is 3. The quantitative estimate of drug-likeness (QED) is 0.213. The van der Waals surface area contributed by atoms with E-state index in [1.807, 2.05) is 0 Å². The highest BCUT2D eigenvalue weighted by atomic mass is 35.5. The van der Waals surface area contributed by atoms with Crippen LogP contribution in [0.1, 0.15) is 41.4 Å². The predicted molar refractivity (Wildman–Crippen MR) is 172 cm³/mol. The lowest BCUT2D eigenvalue weighted by atomic mass is 9.83. The van der Waals surface area contributed by atoms with Gasteiger partial charge in [0.25, 0.3) is 5.91 Å². The summed E-state index contributed by atoms with van der Waals surface area (Å²) in [7, 11) is -1.53. The van der Waals surface area contributed by atoms with Crippen LogP contribution in [0.25, 0.3) is 22.2 Å². The second-order valence-electron chi connectivity index (χ2n) is 11.8. The second kappa shape index (κ2) is 12.0. The van der Waals surface area contributed by atoms with E-state index in [1.54, 1.807) is 59.1 Å². The van der Waals surface area contributed by atoms with Gasteiger partial charge in [-0.1, -0.05) is 35.3 Å². The Morgan fingerprint density at radius 2 is 1.73 bits per heavy atom. The van der Waals surface area contributed by atoms with E-state index in [-0.39, 0.29) is 27.8 Å². The van der Waals surface area contributed by atoms with Gasteiger partial charge in [0.2, 0.25) is 10.0 Å². The molecule has 0 radical (unpaired) electrons. The standard InChI is InChI=1S/C31H32Cl2FN5O5S/c1-37-16-23(33)27-25(37)8-7-21(28(27)34)30(40)39-15-19(17-9-11-38(12-10-17)45(2,43)44)13-26(39)24-14-22(32)29(36-24)18-3-5-20(6-4-18)35-31(41)42/h3-8,14,16-17,19,26,35-36H,9-13,15H2,1-2H3,(H,41,42)/t19-,26-/m0/s1. The van der Waals surface area contributed by atoms with Crippen molar-refractivity contribution in [3.05, 3.63) is 75.8 Å². The summed E-state index contributed by atoms with van der Waals surface area (Å²) in [6.45, 7) is 1.21. The maximum atomic E-state index is 15.9. The number of hydrogen-bond donors (Lipinski definition) is 3. The first-order chi connectivity index (χ1) is 21.3. The number of benzene rings is 2. The molecule has 4 heterocycles. The molecule has 238 valence electrons. The molecular weight excluding hydrogens is 644 g/mol. The molecule has 10 nitrogen and oxygen atoms in total. The van der Waals surface area contributed by atoms with Gasteiger partial charge in [0.1, 0.15) is 5.82 Å². The number of rotatable bonds is 6. The van der Waals surface area contributed by atoms with Gasteiger partial charge < -0.3 is 19.6 Å². The summed E-state index contributed by atoms with van der Waals surface area (Å²) in [6.07, 6.45) is 3.57. The number of carboxylic acid groups (broad SMARTS) is 1. The maximum Gasteiger partial charge on any atom is 0.409 e. The van der Waals surface area contributed by atoms with Crippen molar-refractivity contribution in [2.75, 3.05) is 31.2 Å². The molecule has 45 heavy (non-hydrogen) atoms. The lowest BCUT2D eigenvalue weighted by Gasteiger charge is -2.33. The minimum Gasteiger partial charge on any atom is -0.465 e. The smallest absolute Gasteiger partial charge is 0.409 e. The summed E-state index contributed by atoms with van der Waals surface area (Å²) >= 11 is 13.0. The monoisotopic (exact) mass is 675 g/mol.